The minimum Gasteiger partial charge on any atom is -0.478 e. The zero-order valence-corrected chi connectivity index (χ0v) is 11.9. The van der Waals surface area contributed by atoms with Crippen molar-refractivity contribution in [1.29, 1.82) is 0 Å². The molecule has 2 aromatic rings. The largest absolute Gasteiger partial charge is 0.478 e. The number of aromatic carboxylic acids is 1. The number of methoxy groups -OCH3 is 1. The van der Waals surface area contributed by atoms with Gasteiger partial charge in [-0.3, -0.25) is 4.90 Å². The SMILES string of the molecule is COCCN(CCO)Cc1oc2ccccc2c1C(=O)O. The number of para-hydroxylation sites is 1. The van der Waals surface area contributed by atoms with Gasteiger partial charge < -0.3 is 19.4 Å². The Bertz CT molecular complexity index is 607. The highest BCUT2D eigenvalue weighted by molar-refractivity contribution is 6.03. The monoisotopic (exact) mass is 293 g/mol. The fraction of sp³-hybridized carbons (Fsp3) is 0.400. The molecule has 21 heavy (non-hydrogen) atoms. The van der Waals surface area contributed by atoms with E-state index in [1.807, 2.05) is 4.90 Å². The molecule has 1 heterocycles. The van der Waals surface area contributed by atoms with Gasteiger partial charge >= 0.3 is 5.97 Å². The molecule has 6 heteroatoms. The second-order valence-corrected chi connectivity index (χ2v) is 4.69. The Labute approximate surface area is 122 Å². The predicted octanol–water partition coefficient (Wildman–Crippen LogP) is 1.57. The lowest BCUT2D eigenvalue weighted by molar-refractivity contribution is 0.0693. The zero-order valence-electron chi connectivity index (χ0n) is 11.9. The summed E-state index contributed by atoms with van der Waals surface area (Å²) in [7, 11) is 1.60. The Morgan fingerprint density at radius 1 is 1.33 bits per heavy atom. The van der Waals surface area contributed by atoms with Crippen molar-refractivity contribution in [2.24, 2.45) is 0 Å². The first kappa shape index (κ1) is 15.5. The molecule has 0 saturated heterocycles. The van der Waals surface area contributed by atoms with Crippen LogP contribution in [0.25, 0.3) is 11.0 Å². The summed E-state index contributed by atoms with van der Waals surface area (Å²) in [6, 6.07) is 7.07. The van der Waals surface area contributed by atoms with Gasteiger partial charge in [0.2, 0.25) is 0 Å². The topological polar surface area (TPSA) is 83.1 Å². The van der Waals surface area contributed by atoms with E-state index in [2.05, 4.69) is 0 Å². The molecule has 0 fully saturated rings. The molecule has 0 aliphatic rings. The zero-order chi connectivity index (χ0) is 15.2. The Hall–Kier alpha value is -1.89. The quantitative estimate of drug-likeness (QED) is 0.768. The molecule has 6 nitrogen and oxygen atoms in total. The number of carboxylic acid groups (broad SMARTS) is 1. The standard InChI is InChI=1S/C15H19NO5/c1-20-9-7-16(6-8-17)10-13-14(15(18)19)11-4-2-3-5-12(11)21-13/h2-5,17H,6-10H2,1H3,(H,18,19). The van der Waals surface area contributed by atoms with Crippen molar-refractivity contribution in [3.8, 4) is 0 Å². The van der Waals surface area contributed by atoms with E-state index in [9.17, 15) is 9.90 Å². The molecule has 0 spiro atoms. The molecule has 1 aromatic carbocycles. The number of hydrogen-bond acceptors (Lipinski definition) is 5. The number of nitrogens with zero attached hydrogens (tertiary/aromatic N) is 1. The Balaban J connectivity index is 2.31. The van der Waals surface area contributed by atoms with Gasteiger partial charge in [0.15, 0.2) is 0 Å². The van der Waals surface area contributed by atoms with Crippen LogP contribution in [0.5, 0.6) is 0 Å². The molecule has 0 atom stereocenters. The highest BCUT2D eigenvalue weighted by Gasteiger charge is 2.21. The van der Waals surface area contributed by atoms with E-state index in [1.165, 1.54) is 0 Å². The third-order valence-corrected chi connectivity index (χ3v) is 3.28. The third kappa shape index (κ3) is 3.60. The van der Waals surface area contributed by atoms with E-state index < -0.39 is 5.97 Å². The number of furan rings is 1. The van der Waals surface area contributed by atoms with Crippen LogP contribution in [0.3, 0.4) is 0 Å². The van der Waals surface area contributed by atoms with Crippen molar-refractivity contribution < 1.29 is 24.2 Å². The summed E-state index contributed by atoms with van der Waals surface area (Å²) < 4.78 is 10.7. The average Bonchev–Trinajstić information content (AvgIpc) is 2.82. The van der Waals surface area contributed by atoms with Crippen LogP contribution in [0.1, 0.15) is 16.1 Å². The number of carbonyl (C=O) groups is 1. The van der Waals surface area contributed by atoms with Gasteiger partial charge in [0.05, 0.1) is 19.8 Å². The van der Waals surface area contributed by atoms with Crippen LogP contribution >= 0.6 is 0 Å². The molecule has 1 aromatic heterocycles. The summed E-state index contributed by atoms with van der Waals surface area (Å²) >= 11 is 0. The minimum absolute atomic E-state index is 0.00759. The summed E-state index contributed by atoms with van der Waals surface area (Å²) in [6.07, 6.45) is 0. The van der Waals surface area contributed by atoms with Gasteiger partial charge in [0.25, 0.3) is 0 Å². The molecule has 0 amide bonds. The van der Waals surface area contributed by atoms with E-state index in [0.717, 1.165) is 0 Å². The van der Waals surface area contributed by atoms with Crippen molar-refractivity contribution in [1.82, 2.24) is 4.90 Å². The van der Waals surface area contributed by atoms with E-state index in [4.69, 9.17) is 14.3 Å². The third-order valence-electron chi connectivity index (χ3n) is 3.28. The molecule has 0 aliphatic heterocycles. The second kappa shape index (κ2) is 7.21. The normalized spacial score (nSPS) is 11.4. The van der Waals surface area contributed by atoms with Crippen molar-refractivity contribution in [2.45, 2.75) is 6.54 Å². The number of fused-ring (bicyclic) bond motifs is 1. The summed E-state index contributed by atoms with van der Waals surface area (Å²) in [5.41, 5.74) is 0.742. The lowest BCUT2D eigenvalue weighted by Crippen LogP contribution is -2.30. The Kier molecular flexibility index (Phi) is 5.32. The number of rotatable bonds is 8. The molecule has 0 aliphatic carbocycles. The average molecular weight is 293 g/mol. The fourth-order valence-electron chi connectivity index (χ4n) is 2.28. The predicted molar refractivity (Wildman–Crippen MR) is 77.4 cm³/mol. The van der Waals surface area contributed by atoms with Crippen LogP contribution in [0.2, 0.25) is 0 Å². The first-order chi connectivity index (χ1) is 10.2. The number of carboxylic acids is 1. The van der Waals surface area contributed by atoms with Gasteiger partial charge in [-0.15, -0.1) is 0 Å². The van der Waals surface area contributed by atoms with Crippen LogP contribution in [0, 0.1) is 0 Å². The van der Waals surface area contributed by atoms with Crippen molar-refractivity contribution in [3.05, 3.63) is 35.6 Å². The van der Waals surface area contributed by atoms with E-state index in [1.54, 1.807) is 31.4 Å². The summed E-state index contributed by atoms with van der Waals surface area (Å²) in [6.45, 7) is 1.84. The lowest BCUT2D eigenvalue weighted by Gasteiger charge is -2.19. The first-order valence-corrected chi connectivity index (χ1v) is 6.73. The van der Waals surface area contributed by atoms with Crippen LogP contribution in [-0.4, -0.2) is 54.5 Å². The Morgan fingerprint density at radius 3 is 2.76 bits per heavy atom. The molecule has 0 saturated carbocycles. The van der Waals surface area contributed by atoms with Crippen molar-refractivity contribution in [2.75, 3.05) is 33.4 Å². The smallest absolute Gasteiger partial charge is 0.339 e. The van der Waals surface area contributed by atoms with Gasteiger partial charge in [-0.05, 0) is 6.07 Å². The summed E-state index contributed by atoms with van der Waals surface area (Å²) in [5, 5.41) is 19.1. The number of aliphatic hydroxyl groups is 1. The molecule has 2 rings (SSSR count). The van der Waals surface area contributed by atoms with Crippen LogP contribution in [0.15, 0.2) is 28.7 Å². The molecule has 0 unspecified atom stereocenters. The molecular weight excluding hydrogens is 274 g/mol. The van der Waals surface area contributed by atoms with E-state index in [-0.39, 0.29) is 12.2 Å². The fourth-order valence-corrected chi connectivity index (χ4v) is 2.28. The first-order valence-electron chi connectivity index (χ1n) is 6.73. The number of benzene rings is 1. The van der Waals surface area contributed by atoms with Crippen molar-refractivity contribution >= 4 is 16.9 Å². The number of ether oxygens (including phenoxy) is 1. The van der Waals surface area contributed by atoms with E-state index >= 15 is 0 Å². The lowest BCUT2D eigenvalue weighted by atomic mass is 10.1. The number of hydrogen-bond donors (Lipinski definition) is 2. The van der Waals surface area contributed by atoms with Gasteiger partial charge in [-0.25, -0.2) is 4.79 Å². The Morgan fingerprint density at radius 2 is 2.10 bits per heavy atom. The molecule has 0 radical (unpaired) electrons. The molecule has 114 valence electrons. The van der Waals surface area contributed by atoms with Crippen molar-refractivity contribution in [3.63, 3.8) is 0 Å². The van der Waals surface area contributed by atoms with Crippen LogP contribution < -0.4 is 0 Å². The van der Waals surface area contributed by atoms with Gasteiger partial charge in [0.1, 0.15) is 16.9 Å². The van der Waals surface area contributed by atoms with Crippen LogP contribution in [0.4, 0.5) is 0 Å². The highest BCUT2D eigenvalue weighted by Crippen LogP contribution is 2.26. The minimum atomic E-state index is -1.01. The maximum Gasteiger partial charge on any atom is 0.339 e. The molecule has 0 bridgehead atoms. The van der Waals surface area contributed by atoms with Crippen LogP contribution in [-0.2, 0) is 11.3 Å². The maximum atomic E-state index is 11.5. The summed E-state index contributed by atoms with van der Waals surface area (Å²) in [4.78, 5) is 13.4. The van der Waals surface area contributed by atoms with E-state index in [0.29, 0.717) is 43.0 Å². The van der Waals surface area contributed by atoms with Gasteiger partial charge in [0, 0.05) is 25.6 Å². The van der Waals surface area contributed by atoms with Gasteiger partial charge in [-0.1, -0.05) is 18.2 Å². The summed E-state index contributed by atoms with van der Waals surface area (Å²) in [5.74, 6) is -0.612. The second-order valence-electron chi connectivity index (χ2n) is 4.69. The number of aliphatic hydroxyl groups excluding tert-OH is 1. The highest BCUT2D eigenvalue weighted by atomic mass is 16.5. The molecule has 2 N–H and O–H groups in total. The van der Waals surface area contributed by atoms with Gasteiger partial charge in [-0.2, -0.15) is 0 Å². The molecular formula is C15H19NO5. The maximum absolute atomic E-state index is 11.5.